The van der Waals surface area contributed by atoms with Crippen LogP contribution >= 0.6 is 11.6 Å². The van der Waals surface area contributed by atoms with Crippen LogP contribution in [0, 0.1) is 6.92 Å². The fraction of sp³-hybridized carbons (Fsp3) is 0.296. The van der Waals surface area contributed by atoms with E-state index in [0.717, 1.165) is 42.0 Å². The largest absolute Gasteiger partial charge is 0.352 e. The number of amides is 1. The van der Waals surface area contributed by atoms with Gasteiger partial charge in [0.2, 0.25) is 5.91 Å². The molecule has 1 unspecified atom stereocenters. The lowest BCUT2D eigenvalue weighted by Crippen LogP contribution is -2.46. The molecule has 3 aromatic rings. The Morgan fingerprint density at radius 1 is 0.935 bits per heavy atom. The highest BCUT2D eigenvalue weighted by Crippen LogP contribution is 2.39. The lowest BCUT2D eigenvalue weighted by Gasteiger charge is -2.38. The fourth-order valence-electron chi connectivity index (χ4n) is 5.15. The van der Waals surface area contributed by atoms with Crippen molar-refractivity contribution in [2.75, 3.05) is 13.1 Å². The van der Waals surface area contributed by atoms with Crippen LogP contribution in [0.15, 0.2) is 66.7 Å². The molecule has 5 rings (SSSR count). The van der Waals surface area contributed by atoms with E-state index in [2.05, 4.69) is 70.9 Å². The molecule has 1 N–H and O–H groups in total. The molecule has 1 atom stereocenters. The zero-order valence-electron chi connectivity index (χ0n) is 17.8. The summed E-state index contributed by atoms with van der Waals surface area (Å²) in [5.41, 5.74) is 7.44. The third kappa shape index (κ3) is 4.00. The van der Waals surface area contributed by atoms with E-state index in [-0.39, 0.29) is 18.0 Å². The number of nitrogens with zero attached hydrogens (tertiary/aromatic N) is 1. The molecule has 158 valence electrons. The quantitative estimate of drug-likeness (QED) is 0.639. The first-order valence-corrected chi connectivity index (χ1v) is 11.4. The lowest BCUT2D eigenvalue weighted by atomic mass is 9.87. The minimum absolute atomic E-state index is 0.0103. The van der Waals surface area contributed by atoms with Gasteiger partial charge in [-0.3, -0.25) is 9.69 Å². The van der Waals surface area contributed by atoms with Gasteiger partial charge in [0, 0.05) is 17.6 Å². The van der Waals surface area contributed by atoms with Gasteiger partial charge in [-0.05, 0) is 59.6 Å². The summed E-state index contributed by atoms with van der Waals surface area (Å²) in [4.78, 5) is 15.4. The monoisotopic (exact) mass is 430 g/mol. The summed E-state index contributed by atoms with van der Waals surface area (Å²) in [5, 5.41) is 4.07. The van der Waals surface area contributed by atoms with Gasteiger partial charge in [0.25, 0.3) is 0 Å². The van der Waals surface area contributed by atoms with Crippen molar-refractivity contribution in [3.63, 3.8) is 0 Å². The second-order valence-electron chi connectivity index (χ2n) is 8.74. The minimum atomic E-state index is -0.0103. The van der Waals surface area contributed by atoms with Crippen LogP contribution < -0.4 is 5.32 Å². The number of hydrogen-bond donors (Lipinski definition) is 1. The highest BCUT2D eigenvalue weighted by molar-refractivity contribution is 6.32. The van der Waals surface area contributed by atoms with Gasteiger partial charge in [0.05, 0.1) is 12.6 Å². The van der Waals surface area contributed by atoms with Gasteiger partial charge in [0.1, 0.15) is 0 Å². The van der Waals surface area contributed by atoms with Crippen LogP contribution in [0.3, 0.4) is 0 Å². The molecule has 4 heteroatoms. The highest BCUT2D eigenvalue weighted by Gasteiger charge is 2.32. The van der Waals surface area contributed by atoms with Crippen LogP contribution in [0.2, 0.25) is 5.02 Å². The Morgan fingerprint density at radius 3 is 2.32 bits per heavy atom. The van der Waals surface area contributed by atoms with Gasteiger partial charge in [-0.2, -0.15) is 0 Å². The minimum Gasteiger partial charge on any atom is -0.352 e. The van der Waals surface area contributed by atoms with Crippen molar-refractivity contribution in [1.29, 1.82) is 0 Å². The summed E-state index contributed by atoms with van der Waals surface area (Å²) in [6.45, 7) is 3.25. The van der Waals surface area contributed by atoms with Gasteiger partial charge in [-0.1, -0.05) is 78.3 Å². The smallest absolute Gasteiger partial charge is 0.234 e. The van der Waals surface area contributed by atoms with Crippen molar-refractivity contribution in [1.82, 2.24) is 10.2 Å². The highest BCUT2D eigenvalue weighted by atomic mass is 35.5. The molecule has 1 heterocycles. The Kier molecular flexibility index (Phi) is 5.56. The summed E-state index contributed by atoms with van der Waals surface area (Å²) < 4.78 is 0. The average Bonchev–Trinajstić information content (AvgIpc) is 3.18. The summed E-state index contributed by atoms with van der Waals surface area (Å²) in [7, 11) is 0. The van der Waals surface area contributed by atoms with E-state index >= 15 is 0 Å². The maximum absolute atomic E-state index is 13.1. The van der Waals surface area contributed by atoms with E-state index in [4.69, 9.17) is 11.6 Å². The van der Waals surface area contributed by atoms with Crippen LogP contribution in [0.1, 0.15) is 39.4 Å². The SMILES string of the molecule is Cc1cccc(C2c3ccccc3CCN2CC(=O)NC2Cc3ccccc3C2)c1Cl. The third-order valence-corrected chi connectivity index (χ3v) is 7.18. The van der Waals surface area contributed by atoms with Gasteiger partial charge >= 0.3 is 0 Å². The number of fused-ring (bicyclic) bond motifs is 2. The fourth-order valence-corrected chi connectivity index (χ4v) is 5.38. The number of carbonyl (C=O) groups excluding carboxylic acids is 1. The van der Waals surface area contributed by atoms with Crippen LogP contribution in [-0.2, 0) is 24.1 Å². The molecule has 0 radical (unpaired) electrons. The van der Waals surface area contributed by atoms with E-state index in [1.807, 2.05) is 13.0 Å². The summed E-state index contributed by atoms with van der Waals surface area (Å²) in [5.74, 6) is 0.0889. The van der Waals surface area contributed by atoms with Crippen molar-refractivity contribution < 1.29 is 4.79 Å². The molecule has 1 amide bonds. The van der Waals surface area contributed by atoms with E-state index < -0.39 is 0 Å². The van der Waals surface area contributed by atoms with Crippen LogP contribution in [0.4, 0.5) is 0 Å². The van der Waals surface area contributed by atoms with Crippen molar-refractivity contribution in [2.24, 2.45) is 0 Å². The average molecular weight is 431 g/mol. The summed E-state index contributed by atoms with van der Waals surface area (Å²) in [6, 6.07) is 23.4. The number of aryl methyl sites for hydroxylation is 1. The lowest BCUT2D eigenvalue weighted by molar-refractivity contribution is -0.123. The number of benzene rings is 3. The first-order valence-electron chi connectivity index (χ1n) is 11.0. The molecule has 3 nitrogen and oxygen atoms in total. The number of hydrogen-bond acceptors (Lipinski definition) is 2. The predicted octanol–water partition coefficient (Wildman–Crippen LogP) is 4.88. The Balaban J connectivity index is 1.37. The van der Waals surface area contributed by atoms with E-state index in [9.17, 15) is 4.79 Å². The van der Waals surface area contributed by atoms with E-state index in [0.29, 0.717) is 6.54 Å². The Labute approximate surface area is 189 Å². The summed E-state index contributed by atoms with van der Waals surface area (Å²) >= 11 is 6.76. The molecule has 0 fully saturated rings. The van der Waals surface area contributed by atoms with Crippen LogP contribution in [0.25, 0.3) is 0 Å². The number of carbonyl (C=O) groups is 1. The van der Waals surface area contributed by atoms with Crippen molar-refractivity contribution in [2.45, 2.75) is 38.3 Å². The maximum atomic E-state index is 13.1. The van der Waals surface area contributed by atoms with Gasteiger partial charge in [0.15, 0.2) is 0 Å². The molecular weight excluding hydrogens is 404 g/mol. The van der Waals surface area contributed by atoms with Crippen molar-refractivity contribution in [3.8, 4) is 0 Å². The molecule has 0 spiro atoms. The molecular formula is C27H27ClN2O. The predicted molar refractivity (Wildman–Crippen MR) is 126 cm³/mol. The van der Waals surface area contributed by atoms with E-state index in [1.165, 1.54) is 22.3 Å². The topological polar surface area (TPSA) is 32.3 Å². The summed E-state index contributed by atoms with van der Waals surface area (Å²) in [6.07, 6.45) is 2.77. The molecule has 0 bridgehead atoms. The first kappa shape index (κ1) is 20.3. The van der Waals surface area contributed by atoms with Gasteiger partial charge in [-0.15, -0.1) is 0 Å². The van der Waals surface area contributed by atoms with Crippen LogP contribution in [-0.4, -0.2) is 29.9 Å². The zero-order chi connectivity index (χ0) is 21.4. The van der Waals surface area contributed by atoms with Crippen molar-refractivity contribution in [3.05, 3.63) is 105 Å². The molecule has 0 aromatic heterocycles. The third-order valence-electron chi connectivity index (χ3n) is 6.66. The molecule has 2 aliphatic rings. The number of halogens is 1. The number of rotatable bonds is 4. The Bertz CT molecular complexity index is 1100. The second kappa shape index (κ2) is 8.49. The Morgan fingerprint density at radius 2 is 1.58 bits per heavy atom. The molecule has 3 aromatic carbocycles. The van der Waals surface area contributed by atoms with Gasteiger partial charge in [-0.25, -0.2) is 0 Å². The normalized spacial score (nSPS) is 18.5. The van der Waals surface area contributed by atoms with E-state index in [1.54, 1.807) is 0 Å². The van der Waals surface area contributed by atoms with Crippen LogP contribution in [0.5, 0.6) is 0 Å². The standard InChI is InChI=1S/C27H27ClN2O/c1-18-7-6-12-24(26(18)28)27-23-11-5-4-8-19(23)13-14-30(27)17-25(31)29-22-15-20-9-2-3-10-21(20)16-22/h2-12,22,27H,13-17H2,1H3,(H,29,31). The molecule has 0 saturated heterocycles. The molecule has 1 aliphatic carbocycles. The Hall–Kier alpha value is -2.62. The zero-order valence-corrected chi connectivity index (χ0v) is 18.5. The molecule has 1 aliphatic heterocycles. The van der Waals surface area contributed by atoms with Gasteiger partial charge < -0.3 is 5.32 Å². The van der Waals surface area contributed by atoms with Crippen molar-refractivity contribution >= 4 is 17.5 Å². The maximum Gasteiger partial charge on any atom is 0.234 e. The second-order valence-corrected chi connectivity index (χ2v) is 9.12. The number of nitrogens with one attached hydrogen (secondary N) is 1. The molecule has 0 saturated carbocycles. The molecule has 31 heavy (non-hydrogen) atoms. The first-order chi connectivity index (χ1) is 15.1.